The quantitative estimate of drug-likeness (QED) is 0.771. The summed E-state index contributed by atoms with van der Waals surface area (Å²) in [5.41, 5.74) is 0.784. The molecule has 3 rings (SSSR count). The fourth-order valence-electron chi connectivity index (χ4n) is 3.08. The summed E-state index contributed by atoms with van der Waals surface area (Å²) in [6.07, 6.45) is 0. The second-order valence-corrected chi connectivity index (χ2v) is 8.88. The van der Waals surface area contributed by atoms with Crippen LogP contribution in [-0.2, 0) is 10.0 Å². The summed E-state index contributed by atoms with van der Waals surface area (Å²) in [6.45, 7) is 1.35. The van der Waals surface area contributed by atoms with Crippen molar-refractivity contribution in [2.75, 3.05) is 43.4 Å². The number of sulfonamides is 1. The lowest BCUT2D eigenvalue weighted by Gasteiger charge is -2.35. The van der Waals surface area contributed by atoms with Crippen LogP contribution in [0.25, 0.3) is 0 Å². The number of rotatable bonds is 6. The fourth-order valence-corrected chi connectivity index (χ4v) is 4.64. The van der Waals surface area contributed by atoms with E-state index in [0.717, 1.165) is 0 Å². The van der Waals surface area contributed by atoms with Gasteiger partial charge >= 0.3 is 0 Å². The van der Waals surface area contributed by atoms with E-state index in [0.29, 0.717) is 29.4 Å². The topological polar surface area (TPSA) is 69.7 Å². The molecule has 0 atom stereocenters. The molecule has 1 amide bonds. The van der Waals surface area contributed by atoms with Crippen molar-refractivity contribution in [1.29, 1.82) is 0 Å². The molecule has 0 saturated carbocycles. The first kappa shape index (κ1) is 20.6. The highest BCUT2D eigenvalue weighted by atomic mass is 35.5. The third-order valence-electron chi connectivity index (χ3n) is 4.59. The predicted octanol–water partition coefficient (Wildman–Crippen LogP) is 2.36. The van der Waals surface area contributed by atoms with E-state index in [2.05, 4.69) is 5.32 Å². The summed E-state index contributed by atoms with van der Waals surface area (Å²) >= 11 is 5.97. The number of nitrogens with zero attached hydrogens (tertiary/aromatic N) is 2. The van der Waals surface area contributed by atoms with Gasteiger partial charge in [0.25, 0.3) is 5.91 Å². The molecule has 1 aliphatic rings. The Labute approximate surface area is 168 Å². The summed E-state index contributed by atoms with van der Waals surface area (Å²) in [4.78, 5) is 13.9. The molecule has 0 unspecified atom stereocenters. The van der Waals surface area contributed by atoms with E-state index in [1.54, 1.807) is 42.5 Å². The van der Waals surface area contributed by atoms with Crippen molar-refractivity contribution in [3.05, 3.63) is 64.9 Å². The van der Waals surface area contributed by atoms with Crippen LogP contribution in [0.2, 0.25) is 5.02 Å². The second-order valence-electron chi connectivity index (χ2n) is 6.39. The SMILES string of the molecule is O=C(NCCS(=O)(=O)N1CCN(c2ccccc2F)CC1)c1ccccc1Cl. The highest BCUT2D eigenvalue weighted by molar-refractivity contribution is 7.89. The van der Waals surface area contributed by atoms with Gasteiger partial charge < -0.3 is 10.2 Å². The second kappa shape index (κ2) is 8.89. The zero-order chi connectivity index (χ0) is 20.1. The maximum Gasteiger partial charge on any atom is 0.252 e. The summed E-state index contributed by atoms with van der Waals surface area (Å²) in [7, 11) is -3.52. The lowest BCUT2D eigenvalue weighted by molar-refractivity contribution is 0.0956. The maximum atomic E-state index is 13.9. The minimum absolute atomic E-state index is 0.0140. The summed E-state index contributed by atoms with van der Waals surface area (Å²) in [5, 5.41) is 2.90. The molecule has 9 heteroatoms. The van der Waals surface area contributed by atoms with Crippen LogP contribution in [-0.4, -0.2) is 57.1 Å². The smallest absolute Gasteiger partial charge is 0.252 e. The maximum absolute atomic E-state index is 13.9. The van der Waals surface area contributed by atoms with Crippen LogP contribution in [0.1, 0.15) is 10.4 Å². The van der Waals surface area contributed by atoms with Gasteiger partial charge in [-0.15, -0.1) is 0 Å². The van der Waals surface area contributed by atoms with E-state index in [1.165, 1.54) is 10.4 Å². The predicted molar refractivity (Wildman–Crippen MR) is 108 cm³/mol. The molecule has 150 valence electrons. The Kier molecular flexibility index (Phi) is 6.53. The monoisotopic (exact) mass is 425 g/mol. The molecule has 28 heavy (non-hydrogen) atoms. The Hall–Kier alpha value is -2.16. The van der Waals surface area contributed by atoms with E-state index < -0.39 is 15.9 Å². The molecule has 0 bridgehead atoms. The summed E-state index contributed by atoms with van der Waals surface area (Å²) in [6, 6.07) is 13.0. The Balaban J connectivity index is 1.51. The number of piperazine rings is 1. The van der Waals surface area contributed by atoms with Crippen LogP contribution in [0.4, 0.5) is 10.1 Å². The number of carbonyl (C=O) groups is 1. The van der Waals surface area contributed by atoms with Gasteiger partial charge in [0.15, 0.2) is 0 Å². The van der Waals surface area contributed by atoms with Gasteiger partial charge in [-0.1, -0.05) is 35.9 Å². The number of benzene rings is 2. The van der Waals surface area contributed by atoms with Gasteiger partial charge in [0.05, 0.1) is 22.0 Å². The molecule has 1 aliphatic heterocycles. The Morgan fingerprint density at radius 1 is 1.04 bits per heavy atom. The van der Waals surface area contributed by atoms with Gasteiger partial charge in [0.2, 0.25) is 10.0 Å². The third-order valence-corrected chi connectivity index (χ3v) is 6.79. The highest BCUT2D eigenvalue weighted by Gasteiger charge is 2.27. The zero-order valence-electron chi connectivity index (χ0n) is 15.1. The molecule has 6 nitrogen and oxygen atoms in total. The number of amides is 1. The average molecular weight is 426 g/mol. The van der Waals surface area contributed by atoms with Crippen LogP contribution >= 0.6 is 11.6 Å². The molecule has 0 spiro atoms. The van der Waals surface area contributed by atoms with Gasteiger partial charge in [-0.2, -0.15) is 4.31 Å². The molecule has 1 fully saturated rings. The van der Waals surface area contributed by atoms with Crippen LogP contribution in [0.3, 0.4) is 0 Å². The van der Waals surface area contributed by atoms with E-state index in [-0.39, 0.29) is 31.2 Å². The van der Waals surface area contributed by atoms with Gasteiger partial charge in [0.1, 0.15) is 5.82 Å². The Morgan fingerprint density at radius 2 is 1.68 bits per heavy atom. The number of anilines is 1. The minimum Gasteiger partial charge on any atom is -0.367 e. The van der Waals surface area contributed by atoms with E-state index in [9.17, 15) is 17.6 Å². The van der Waals surface area contributed by atoms with Crippen molar-refractivity contribution < 1.29 is 17.6 Å². The van der Waals surface area contributed by atoms with Gasteiger partial charge in [0, 0.05) is 32.7 Å². The normalized spacial score (nSPS) is 15.4. The molecule has 1 heterocycles. The van der Waals surface area contributed by atoms with Crippen LogP contribution in [0.5, 0.6) is 0 Å². The van der Waals surface area contributed by atoms with E-state index >= 15 is 0 Å². The summed E-state index contributed by atoms with van der Waals surface area (Å²) in [5.74, 6) is -0.936. The standard InChI is InChI=1S/C19H21ClFN3O3S/c20-16-6-2-1-5-15(16)19(25)22-9-14-28(26,27)24-12-10-23(11-13-24)18-8-4-3-7-17(18)21/h1-8H,9-14H2,(H,22,25). The first-order chi connectivity index (χ1) is 13.4. The van der Waals surface area contributed by atoms with Gasteiger partial charge in [-0.05, 0) is 24.3 Å². The highest BCUT2D eigenvalue weighted by Crippen LogP contribution is 2.21. The van der Waals surface area contributed by atoms with Crippen molar-refractivity contribution in [2.45, 2.75) is 0 Å². The fraction of sp³-hybridized carbons (Fsp3) is 0.316. The zero-order valence-corrected chi connectivity index (χ0v) is 16.7. The first-order valence-corrected chi connectivity index (χ1v) is 10.9. The van der Waals surface area contributed by atoms with E-state index in [1.807, 2.05) is 4.90 Å². The number of carbonyl (C=O) groups excluding carboxylic acids is 1. The summed E-state index contributed by atoms with van der Waals surface area (Å²) < 4.78 is 40.3. The van der Waals surface area contributed by atoms with Crippen LogP contribution < -0.4 is 10.2 Å². The van der Waals surface area contributed by atoms with Crippen LogP contribution in [0.15, 0.2) is 48.5 Å². The largest absolute Gasteiger partial charge is 0.367 e. The number of halogens is 2. The molecule has 2 aromatic rings. The first-order valence-electron chi connectivity index (χ1n) is 8.88. The number of nitrogens with one attached hydrogen (secondary N) is 1. The van der Waals surface area contributed by atoms with Crippen LogP contribution in [0, 0.1) is 5.82 Å². The minimum atomic E-state index is -3.52. The lowest BCUT2D eigenvalue weighted by atomic mass is 10.2. The molecule has 2 aromatic carbocycles. The Morgan fingerprint density at radius 3 is 2.36 bits per heavy atom. The molecule has 0 aliphatic carbocycles. The molecule has 1 N–H and O–H groups in total. The molecule has 0 aromatic heterocycles. The van der Waals surface area contributed by atoms with E-state index in [4.69, 9.17) is 11.6 Å². The Bertz CT molecular complexity index is 947. The number of para-hydroxylation sites is 1. The van der Waals surface area contributed by atoms with Crippen molar-refractivity contribution in [3.8, 4) is 0 Å². The number of hydrogen-bond donors (Lipinski definition) is 1. The van der Waals surface area contributed by atoms with Crippen molar-refractivity contribution >= 4 is 33.2 Å². The number of hydrogen-bond acceptors (Lipinski definition) is 4. The van der Waals surface area contributed by atoms with Crippen molar-refractivity contribution in [2.24, 2.45) is 0 Å². The van der Waals surface area contributed by atoms with Crippen molar-refractivity contribution in [3.63, 3.8) is 0 Å². The van der Waals surface area contributed by atoms with Crippen molar-refractivity contribution in [1.82, 2.24) is 9.62 Å². The molecule has 1 saturated heterocycles. The molecular weight excluding hydrogens is 405 g/mol. The van der Waals surface area contributed by atoms with Gasteiger partial charge in [-0.3, -0.25) is 4.79 Å². The van der Waals surface area contributed by atoms with Gasteiger partial charge in [-0.25, -0.2) is 12.8 Å². The molecule has 0 radical (unpaired) electrons. The average Bonchev–Trinajstić information content (AvgIpc) is 2.68. The lowest BCUT2D eigenvalue weighted by Crippen LogP contribution is -2.50. The third kappa shape index (κ3) is 4.81. The molecular formula is C19H21ClFN3O3S.